The number of halogens is 2. The molecule has 0 fully saturated rings. The third-order valence-electron chi connectivity index (χ3n) is 2.91. The van der Waals surface area contributed by atoms with Gasteiger partial charge >= 0.3 is 0 Å². The van der Waals surface area contributed by atoms with Gasteiger partial charge in [0.25, 0.3) is 0 Å². The SMILES string of the molecule is Cc1cccc(S(=O)(=O)CC(=O)c2ccc(Cl)c(Cl)c2)c1. The number of sulfone groups is 1. The van der Waals surface area contributed by atoms with E-state index in [0.717, 1.165) is 5.56 Å². The van der Waals surface area contributed by atoms with E-state index in [2.05, 4.69) is 0 Å². The summed E-state index contributed by atoms with van der Waals surface area (Å²) in [5.41, 5.74) is 1.04. The van der Waals surface area contributed by atoms with E-state index in [0.29, 0.717) is 5.02 Å². The molecule has 110 valence electrons. The molecule has 0 heterocycles. The second-order valence-electron chi connectivity index (χ2n) is 4.63. The highest BCUT2D eigenvalue weighted by Gasteiger charge is 2.21. The number of rotatable bonds is 4. The summed E-state index contributed by atoms with van der Waals surface area (Å²) in [6.45, 7) is 1.79. The van der Waals surface area contributed by atoms with Gasteiger partial charge in [-0.1, -0.05) is 35.3 Å². The Balaban J connectivity index is 2.28. The van der Waals surface area contributed by atoms with Gasteiger partial charge in [-0.3, -0.25) is 4.79 Å². The van der Waals surface area contributed by atoms with Gasteiger partial charge in [-0.25, -0.2) is 8.42 Å². The van der Waals surface area contributed by atoms with Crippen molar-refractivity contribution in [1.82, 2.24) is 0 Å². The number of ketones is 1. The number of aryl methyl sites for hydroxylation is 1. The quantitative estimate of drug-likeness (QED) is 0.790. The molecule has 0 aliphatic carbocycles. The maximum Gasteiger partial charge on any atom is 0.185 e. The zero-order chi connectivity index (χ0) is 15.6. The van der Waals surface area contributed by atoms with Crippen molar-refractivity contribution in [3.8, 4) is 0 Å². The molecule has 0 amide bonds. The molecule has 2 aromatic rings. The number of carbonyl (C=O) groups excluding carboxylic acids is 1. The van der Waals surface area contributed by atoms with Crippen molar-refractivity contribution in [2.24, 2.45) is 0 Å². The van der Waals surface area contributed by atoms with Crippen LogP contribution in [0.1, 0.15) is 15.9 Å². The summed E-state index contributed by atoms with van der Waals surface area (Å²) in [6.07, 6.45) is 0. The van der Waals surface area contributed by atoms with Crippen molar-refractivity contribution in [3.63, 3.8) is 0 Å². The fraction of sp³-hybridized carbons (Fsp3) is 0.133. The lowest BCUT2D eigenvalue weighted by atomic mass is 10.1. The summed E-state index contributed by atoms with van der Waals surface area (Å²) in [5.74, 6) is -1.12. The fourth-order valence-electron chi connectivity index (χ4n) is 1.82. The van der Waals surface area contributed by atoms with E-state index in [1.54, 1.807) is 19.1 Å². The van der Waals surface area contributed by atoms with Crippen LogP contribution in [-0.4, -0.2) is 20.0 Å². The van der Waals surface area contributed by atoms with Crippen LogP contribution in [0.2, 0.25) is 10.0 Å². The molecule has 3 nitrogen and oxygen atoms in total. The Hall–Kier alpha value is -1.36. The van der Waals surface area contributed by atoms with E-state index in [1.807, 2.05) is 0 Å². The molecule has 2 rings (SSSR count). The number of benzene rings is 2. The van der Waals surface area contributed by atoms with Gasteiger partial charge < -0.3 is 0 Å². The van der Waals surface area contributed by atoms with Crippen LogP contribution < -0.4 is 0 Å². The molecule has 0 unspecified atom stereocenters. The smallest absolute Gasteiger partial charge is 0.185 e. The Bertz CT molecular complexity index is 798. The predicted octanol–water partition coefficient (Wildman–Crippen LogP) is 3.96. The van der Waals surface area contributed by atoms with E-state index in [-0.39, 0.29) is 15.5 Å². The minimum absolute atomic E-state index is 0.135. The summed E-state index contributed by atoms with van der Waals surface area (Å²) in [7, 11) is -3.68. The van der Waals surface area contributed by atoms with Crippen LogP contribution in [0.15, 0.2) is 47.4 Å². The third kappa shape index (κ3) is 3.84. The van der Waals surface area contributed by atoms with E-state index in [9.17, 15) is 13.2 Å². The van der Waals surface area contributed by atoms with Crippen molar-refractivity contribution in [1.29, 1.82) is 0 Å². The molecule has 0 saturated heterocycles. The lowest BCUT2D eigenvalue weighted by Gasteiger charge is -2.06. The molecule has 0 aliphatic rings. The second-order valence-corrected chi connectivity index (χ2v) is 7.43. The zero-order valence-corrected chi connectivity index (χ0v) is 13.5. The maximum absolute atomic E-state index is 12.2. The van der Waals surface area contributed by atoms with Crippen molar-refractivity contribution < 1.29 is 13.2 Å². The van der Waals surface area contributed by atoms with Crippen LogP contribution in [0.4, 0.5) is 0 Å². The highest BCUT2D eigenvalue weighted by molar-refractivity contribution is 7.92. The number of hydrogen-bond acceptors (Lipinski definition) is 3. The molecule has 0 saturated carbocycles. The standard InChI is InChI=1S/C15H12Cl2O3S/c1-10-3-2-4-12(7-10)21(19,20)9-15(18)11-5-6-13(16)14(17)8-11/h2-8H,9H2,1H3. The Morgan fingerprint density at radius 1 is 1.05 bits per heavy atom. The summed E-state index contributed by atoms with van der Waals surface area (Å²) in [6, 6.07) is 10.8. The molecule has 0 bridgehead atoms. The zero-order valence-electron chi connectivity index (χ0n) is 11.1. The van der Waals surface area contributed by atoms with Crippen LogP contribution in [0.25, 0.3) is 0 Å². The molecule has 0 aromatic heterocycles. The molecule has 0 spiro atoms. The van der Waals surface area contributed by atoms with E-state index in [4.69, 9.17) is 23.2 Å². The Kier molecular flexibility index (Phi) is 4.71. The first-order valence-electron chi connectivity index (χ1n) is 6.07. The lowest BCUT2D eigenvalue weighted by molar-refractivity contribution is 0.102. The van der Waals surface area contributed by atoms with Crippen molar-refractivity contribution in [3.05, 3.63) is 63.6 Å². The van der Waals surface area contributed by atoms with E-state index < -0.39 is 21.4 Å². The summed E-state index contributed by atoms with van der Waals surface area (Å²) in [4.78, 5) is 12.2. The molecule has 0 radical (unpaired) electrons. The van der Waals surface area contributed by atoms with Crippen LogP contribution in [0, 0.1) is 6.92 Å². The second kappa shape index (κ2) is 6.18. The summed E-state index contributed by atoms with van der Waals surface area (Å²) < 4.78 is 24.5. The molecule has 0 N–H and O–H groups in total. The highest BCUT2D eigenvalue weighted by atomic mass is 35.5. The minimum atomic E-state index is -3.68. The van der Waals surface area contributed by atoms with Gasteiger partial charge in [0.1, 0.15) is 5.75 Å². The average Bonchev–Trinajstić information content (AvgIpc) is 2.41. The van der Waals surface area contributed by atoms with Gasteiger partial charge in [0.05, 0.1) is 14.9 Å². The largest absolute Gasteiger partial charge is 0.293 e. The number of carbonyl (C=O) groups is 1. The van der Waals surface area contributed by atoms with Crippen molar-refractivity contribution in [2.75, 3.05) is 5.75 Å². The van der Waals surface area contributed by atoms with Gasteiger partial charge in [-0.15, -0.1) is 0 Å². The van der Waals surface area contributed by atoms with Crippen LogP contribution in [-0.2, 0) is 9.84 Å². The highest BCUT2D eigenvalue weighted by Crippen LogP contribution is 2.23. The van der Waals surface area contributed by atoms with Crippen LogP contribution in [0.5, 0.6) is 0 Å². The van der Waals surface area contributed by atoms with Gasteiger partial charge in [0.2, 0.25) is 0 Å². The van der Waals surface area contributed by atoms with E-state index in [1.165, 1.54) is 30.3 Å². The Morgan fingerprint density at radius 2 is 1.76 bits per heavy atom. The number of hydrogen-bond donors (Lipinski definition) is 0. The first-order valence-corrected chi connectivity index (χ1v) is 8.48. The van der Waals surface area contributed by atoms with Gasteiger partial charge in [-0.2, -0.15) is 0 Å². The molecule has 6 heteroatoms. The first-order chi connectivity index (χ1) is 9.79. The normalized spacial score (nSPS) is 11.4. The molecule has 0 atom stereocenters. The lowest BCUT2D eigenvalue weighted by Crippen LogP contribution is -2.16. The van der Waals surface area contributed by atoms with Gasteiger partial charge in [0, 0.05) is 5.56 Å². The molecule has 21 heavy (non-hydrogen) atoms. The molecular formula is C15H12Cl2O3S. The maximum atomic E-state index is 12.2. The minimum Gasteiger partial charge on any atom is -0.293 e. The van der Waals surface area contributed by atoms with Crippen LogP contribution >= 0.6 is 23.2 Å². The Labute approximate surface area is 133 Å². The third-order valence-corrected chi connectivity index (χ3v) is 5.26. The summed E-state index contributed by atoms with van der Waals surface area (Å²) >= 11 is 11.6. The Morgan fingerprint density at radius 3 is 2.38 bits per heavy atom. The van der Waals surface area contributed by atoms with Gasteiger partial charge in [0.15, 0.2) is 15.6 Å². The van der Waals surface area contributed by atoms with Gasteiger partial charge in [-0.05, 0) is 42.8 Å². The topological polar surface area (TPSA) is 51.2 Å². The monoisotopic (exact) mass is 342 g/mol. The molecule has 0 aliphatic heterocycles. The van der Waals surface area contributed by atoms with Crippen LogP contribution in [0.3, 0.4) is 0 Å². The molecular weight excluding hydrogens is 331 g/mol. The van der Waals surface area contributed by atoms with Crippen molar-refractivity contribution in [2.45, 2.75) is 11.8 Å². The summed E-state index contributed by atoms with van der Waals surface area (Å²) in [5, 5.41) is 0.533. The van der Waals surface area contributed by atoms with E-state index >= 15 is 0 Å². The number of Topliss-reactive ketones (excluding diaryl/α,β-unsaturated/α-hetero) is 1. The van der Waals surface area contributed by atoms with Crippen molar-refractivity contribution >= 4 is 38.8 Å². The fourth-order valence-corrected chi connectivity index (χ4v) is 3.45. The molecule has 2 aromatic carbocycles. The average molecular weight is 343 g/mol. The predicted molar refractivity (Wildman–Crippen MR) is 84.0 cm³/mol. The first kappa shape index (κ1) is 16.0.